The quantitative estimate of drug-likeness (QED) is 0.684. The fraction of sp³-hybridized carbons (Fsp3) is 0.389. The fourth-order valence-corrected chi connectivity index (χ4v) is 7.50. The molecule has 0 unspecified atom stereocenters. The van der Waals surface area contributed by atoms with Crippen LogP contribution in [0.5, 0.6) is 0 Å². The minimum Gasteiger partial charge on any atom is -0.455 e. The summed E-state index contributed by atoms with van der Waals surface area (Å²) >= 11 is 7.51. The number of halogens is 1. The number of anilines is 1. The molecular weight excluding hydrogens is 406 g/mol. The topological polar surface area (TPSA) is 42.2 Å². The third-order valence-electron chi connectivity index (χ3n) is 4.59. The lowest BCUT2D eigenvalue weighted by Crippen LogP contribution is -2.21. The van der Waals surface area contributed by atoms with Crippen LogP contribution in [0.15, 0.2) is 33.2 Å². The van der Waals surface area contributed by atoms with Crippen molar-refractivity contribution in [2.45, 2.75) is 30.3 Å². The van der Waals surface area contributed by atoms with Gasteiger partial charge >= 0.3 is 0 Å². The molecule has 1 fully saturated rings. The number of hydrogen-bond acceptors (Lipinski definition) is 4. The van der Waals surface area contributed by atoms with Crippen molar-refractivity contribution in [2.24, 2.45) is 0 Å². The Bertz CT molecular complexity index is 796. The number of benzene rings is 1. The predicted octanol–water partition coefficient (Wildman–Crippen LogP) is 5.57. The number of thioether (sulfide) groups is 2. The van der Waals surface area contributed by atoms with Crippen molar-refractivity contribution in [3.63, 3.8) is 0 Å². The Morgan fingerprint density at radius 1 is 1.29 bits per heavy atom. The first-order chi connectivity index (χ1) is 11.6. The van der Waals surface area contributed by atoms with Crippen LogP contribution in [0.3, 0.4) is 0 Å². The Hall–Kier alpha value is -0.850. The highest BCUT2D eigenvalue weighted by molar-refractivity contribution is 9.10. The first kappa shape index (κ1) is 16.6. The number of aryl methyl sites for hydroxylation is 1. The van der Waals surface area contributed by atoms with Crippen molar-refractivity contribution < 1.29 is 9.21 Å². The molecule has 0 bridgehead atoms. The molecule has 2 aliphatic rings. The van der Waals surface area contributed by atoms with Crippen molar-refractivity contribution in [1.82, 2.24) is 0 Å². The van der Waals surface area contributed by atoms with Crippen LogP contribution in [0.25, 0.3) is 0 Å². The first-order valence-corrected chi connectivity index (χ1v) is 10.8. The van der Waals surface area contributed by atoms with Gasteiger partial charge in [0.2, 0.25) is 0 Å². The zero-order chi connectivity index (χ0) is 16.7. The smallest absolute Gasteiger partial charge is 0.291 e. The van der Waals surface area contributed by atoms with Gasteiger partial charge in [-0.25, -0.2) is 0 Å². The minimum atomic E-state index is -0.169. The molecule has 1 aromatic carbocycles. The van der Waals surface area contributed by atoms with E-state index >= 15 is 0 Å². The summed E-state index contributed by atoms with van der Waals surface area (Å²) in [6.07, 6.45) is 3.23. The zero-order valence-electron chi connectivity index (χ0n) is 13.4. The molecule has 6 heteroatoms. The molecule has 1 aromatic heterocycles. The van der Waals surface area contributed by atoms with Gasteiger partial charge in [0.1, 0.15) is 5.76 Å². The van der Waals surface area contributed by atoms with Gasteiger partial charge in [-0.15, -0.1) is 23.5 Å². The Morgan fingerprint density at radius 3 is 2.79 bits per heavy atom. The number of nitrogens with one attached hydrogen (secondary N) is 1. The molecule has 2 heterocycles. The van der Waals surface area contributed by atoms with E-state index in [1.165, 1.54) is 23.5 Å². The monoisotopic (exact) mass is 423 g/mol. The minimum absolute atomic E-state index is 0.104. The Kier molecular flexibility index (Phi) is 4.47. The molecule has 126 valence electrons. The molecule has 0 radical (unpaired) electrons. The van der Waals surface area contributed by atoms with Crippen LogP contribution in [-0.4, -0.2) is 17.4 Å². The number of hydrogen-bond donors (Lipinski definition) is 1. The van der Waals surface area contributed by atoms with E-state index in [9.17, 15) is 4.79 Å². The normalized spacial score (nSPS) is 18.6. The molecule has 1 saturated heterocycles. The number of rotatable bonds is 2. The summed E-state index contributed by atoms with van der Waals surface area (Å²) < 4.78 is 7.01. The van der Waals surface area contributed by atoms with Gasteiger partial charge in [0.25, 0.3) is 5.91 Å². The first-order valence-electron chi connectivity index (χ1n) is 8.07. The SMILES string of the molecule is Cc1c(C(=O)Nc2ccccc2Br)oc2c1C1(CCC2)SCCS1. The molecule has 1 aliphatic heterocycles. The Labute approximate surface area is 158 Å². The van der Waals surface area contributed by atoms with Crippen LogP contribution in [0, 0.1) is 6.92 Å². The summed E-state index contributed by atoms with van der Waals surface area (Å²) in [5, 5.41) is 2.96. The predicted molar refractivity (Wildman–Crippen MR) is 105 cm³/mol. The number of furan rings is 1. The van der Waals surface area contributed by atoms with Crippen LogP contribution in [0.2, 0.25) is 0 Å². The van der Waals surface area contributed by atoms with E-state index in [0.717, 1.165) is 34.3 Å². The summed E-state index contributed by atoms with van der Waals surface area (Å²) in [6, 6.07) is 7.62. The van der Waals surface area contributed by atoms with E-state index in [1.807, 2.05) is 54.7 Å². The number of fused-ring (bicyclic) bond motifs is 2. The lowest BCUT2D eigenvalue weighted by atomic mass is 9.94. The number of para-hydroxylation sites is 1. The number of carbonyl (C=O) groups is 1. The highest BCUT2D eigenvalue weighted by atomic mass is 79.9. The molecule has 1 N–H and O–H groups in total. The van der Waals surface area contributed by atoms with Crippen molar-refractivity contribution in [3.05, 3.63) is 51.4 Å². The maximum Gasteiger partial charge on any atom is 0.291 e. The molecule has 2 aromatic rings. The molecule has 3 nitrogen and oxygen atoms in total. The van der Waals surface area contributed by atoms with Gasteiger partial charge in [0.05, 0.1) is 9.77 Å². The number of carbonyl (C=O) groups excluding carboxylic acids is 1. The van der Waals surface area contributed by atoms with Gasteiger partial charge in [-0.1, -0.05) is 12.1 Å². The second kappa shape index (κ2) is 6.46. The standard InChI is InChI=1S/C18H18BrNO2S2/c1-11-15-14(7-4-8-18(15)23-9-10-24-18)22-16(11)17(21)20-13-6-3-2-5-12(13)19/h2-3,5-6H,4,7-10H2,1H3,(H,20,21). The highest BCUT2D eigenvalue weighted by Crippen LogP contribution is 2.59. The van der Waals surface area contributed by atoms with Gasteiger partial charge in [-0.05, 0) is 47.8 Å². The average molecular weight is 424 g/mol. The summed E-state index contributed by atoms with van der Waals surface area (Å²) in [6.45, 7) is 2.03. The highest BCUT2D eigenvalue weighted by Gasteiger charge is 2.45. The zero-order valence-corrected chi connectivity index (χ0v) is 16.6. The van der Waals surface area contributed by atoms with Gasteiger partial charge in [-0.2, -0.15) is 0 Å². The lowest BCUT2D eigenvalue weighted by molar-refractivity contribution is 0.0994. The summed E-state index contributed by atoms with van der Waals surface area (Å²) in [5.41, 5.74) is 3.05. The lowest BCUT2D eigenvalue weighted by Gasteiger charge is -2.31. The van der Waals surface area contributed by atoms with Gasteiger partial charge in [-0.3, -0.25) is 4.79 Å². The maximum absolute atomic E-state index is 12.8. The van der Waals surface area contributed by atoms with E-state index in [-0.39, 0.29) is 9.99 Å². The van der Waals surface area contributed by atoms with Crippen molar-refractivity contribution in [1.29, 1.82) is 0 Å². The third kappa shape index (κ3) is 2.72. The average Bonchev–Trinajstić information content (AvgIpc) is 3.16. The fourth-order valence-electron chi connectivity index (χ4n) is 3.56. The van der Waals surface area contributed by atoms with Gasteiger partial charge in [0.15, 0.2) is 5.76 Å². The Morgan fingerprint density at radius 2 is 2.04 bits per heavy atom. The molecule has 24 heavy (non-hydrogen) atoms. The summed E-state index contributed by atoms with van der Waals surface area (Å²) in [5.74, 6) is 3.65. The molecular formula is C18H18BrNO2S2. The van der Waals surface area contributed by atoms with Gasteiger partial charge < -0.3 is 9.73 Å². The van der Waals surface area contributed by atoms with Crippen molar-refractivity contribution in [3.8, 4) is 0 Å². The van der Waals surface area contributed by atoms with E-state index in [1.54, 1.807) is 0 Å². The van der Waals surface area contributed by atoms with Crippen LogP contribution >= 0.6 is 39.5 Å². The maximum atomic E-state index is 12.8. The second-order valence-electron chi connectivity index (χ2n) is 6.09. The largest absolute Gasteiger partial charge is 0.455 e. The van der Waals surface area contributed by atoms with Crippen LogP contribution in [0.1, 0.15) is 40.3 Å². The third-order valence-corrected chi connectivity index (χ3v) is 8.82. The van der Waals surface area contributed by atoms with Crippen LogP contribution in [-0.2, 0) is 10.5 Å². The van der Waals surface area contributed by atoms with E-state index in [2.05, 4.69) is 21.2 Å². The van der Waals surface area contributed by atoms with E-state index < -0.39 is 0 Å². The molecule has 1 aliphatic carbocycles. The summed E-state index contributed by atoms with van der Waals surface area (Å²) in [4.78, 5) is 12.8. The Balaban J connectivity index is 1.69. The molecule has 0 atom stereocenters. The number of amides is 1. The van der Waals surface area contributed by atoms with E-state index in [4.69, 9.17) is 4.42 Å². The van der Waals surface area contributed by atoms with Crippen LogP contribution in [0.4, 0.5) is 5.69 Å². The van der Waals surface area contributed by atoms with Crippen molar-refractivity contribution >= 4 is 51.0 Å². The van der Waals surface area contributed by atoms with Crippen LogP contribution < -0.4 is 5.32 Å². The molecule has 4 rings (SSSR count). The summed E-state index contributed by atoms with van der Waals surface area (Å²) in [7, 11) is 0. The van der Waals surface area contributed by atoms with Crippen molar-refractivity contribution in [2.75, 3.05) is 16.8 Å². The molecule has 1 amide bonds. The molecule has 1 spiro atoms. The van der Waals surface area contributed by atoms with E-state index in [0.29, 0.717) is 5.76 Å². The second-order valence-corrected chi connectivity index (χ2v) is 9.99. The molecule has 0 saturated carbocycles. The van der Waals surface area contributed by atoms with Gasteiger partial charge in [0, 0.05) is 33.5 Å².